The van der Waals surface area contributed by atoms with E-state index in [0.29, 0.717) is 43.1 Å². The van der Waals surface area contributed by atoms with Gasteiger partial charge in [-0.05, 0) is 56.0 Å². The Bertz CT molecular complexity index is 986. The van der Waals surface area contributed by atoms with Crippen molar-refractivity contribution < 1.29 is 34.3 Å². The Hall–Kier alpha value is -2.25. The minimum absolute atomic E-state index is 0.0267. The standard InChI is InChI=1S/C26H38NO7P/c1-2-7-21-22(27-14-6-15-33-20-11-12-23(29)19(16-20)17-28)8-5-9-24(21)34-18-26(35(31)32)13-4-3-10-25(26)30/h5,8-9,11-12,16,25,27-30,35H,2-4,6-7,10,13-15,17-18H2,1H3,(H,31,32). The third-order valence-corrected chi connectivity index (χ3v) is 8.24. The predicted octanol–water partition coefficient (Wildman–Crippen LogP) is 4.24. The summed E-state index contributed by atoms with van der Waals surface area (Å²) in [5.74, 6) is 1.31. The summed E-state index contributed by atoms with van der Waals surface area (Å²) in [4.78, 5) is 10.1. The van der Waals surface area contributed by atoms with Crippen LogP contribution in [0.15, 0.2) is 36.4 Å². The number of aliphatic hydroxyl groups is 2. The first-order valence-electron chi connectivity index (χ1n) is 12.4. The van der Waals surface area contributed by atoms with Crippen LogP contribution in [0, 0.1) is 0 Å². The fourth-order valence-electron chi connectivity index (χ4n) is 4.55. The summed E-state index contributed by atoms with van der Waals surface area (Å²) in [7, 11) is -2.98. The van der Waals surface area contributed by atoms with Gasteiger partial charge in [-0.2, -0.15) is 0 Å². The lowest BCUT2D eigenvalue weighted by Gasteiger charge is -2.38. The molecule has 35 heavy (non-hydrogen) atoms. The number of hydrogen-bond acceptors (Lipinski definition) is 7. The highest BCUT2D eigenvalue weighted by Gasteiger charge is 2.45. The van der Waals surface area contributed by atoms with Gasteiger partial charge in [0, 0.05) is 23.4 Å². The van der Waals surface area contributed by atoms with Gasteiger partial charge in [0.15, 0.2) is 0 Å². The van der Waals surface area contributed by atoms with Gasteiger partial charge in [-0.1, -0.05) is 32.3 Å². The number of nitrogens with one attached hydrogen (secondary N) is 1. The first-order chi connectivity index (χ1) is 16.9. The largest absolute Gasteiger partial charge is 0.508 e. The van der Waals surface area contributed by atoms with Gasteiger partial charge in [0.25, 0.3) is 0 Å². The van der Waals surface area contributed by atoms with Crippen molar-refractivity contribution >= 4 is 13.7 Å². The van der Waals surface area contributed by atoms with Gasteiger partial charge in [-0.15, -0.1) is 0 Å². The zero-order chi connectivity index (χ0) is 25.3. The molecule has 0 amide bonds. The second-order valence-corrected chi connectivity index (χ2v) is 10.7. The summed E-state index contributed by atoms with van der Waals surface area (Å²) in [6.07, 6.45) is 4.29. The van der Waals surface area contributed by atoms with Crippen LogP contribution in [0.2, 0.25) is 0 Å². The first-order valence-corrected chi connectivity index (χ1v) is 13.7. The molecular formula is C26H38NO7P. The van der Waals surface area contributed by atoms with Gasteiger partial charge in [-0.25, -0.2) is 0 Å². The van der Waals surface area contributed by atoms with E-state index in [-0.39, 0.29) is 19.0 Å². The Labute approximate surface area is 207 Å². The van der Waals surface area contributed by atoms with Crippen LogP contribution in [0.3, 0.4) is 0 Å². The lowest BCUT2D eigenvalue weighted by atomic mass is 9.86. The van der Waals surface area contributed by atoms with Crippen LogP contribution in [0.1, 0.15) is 56.6 Å². The molecule has 0 radical (unpaired) electrons. The fraction of sp³-hybridized carbons (Fsp3) is 0.538. The molecule has 3 unspecified atom stereocenters. The third kappa shape index (κ3) is 6.91. The normalized spacial score (nSPS) is 20.9. The van der Waals surface area contributed by atoms with Crippen LogP contribution in [0.4, 0.5) is 5.69 Å². The molecule has 0 aromatic heterocycles. The van der Waals surface area contributed by atoms with Crippen LogP contribution in [0.25, 0.3) is 0 Å². The molecule has 1 aliphatic carbocycles. The maximum atomic E-state index is 12.2. The molecular weight excluding hydrogens is 469 g/mol. The first kappa shape index (κ1) is 27.3. The summed E-state index contributed by atoms with van der Waals surface area (Å²) >= 11 is 0. The van der Waals surface area contributed by atoms with Crippen molar-refractivity contribution in [3.8, 4) is 17.2 Å². The van der Waals surface area contributed by atoms with Crippen molar-refractivity contribution in [1.29, 1.82) is 0 Å². The lowest BCUT2D eigenvalue weighted by molar-refractivity contribution is 0.0547. The molecule has 0 bridgehead atoms. The van der Waals surface area contributed by atoms with E-state index in [4.69, 9.17) is 9.47 Å². The van der Waals surface area contributed by atoms with Crippen molar-refractivity contribution in [3.05, 3.63) is 47.5 Å². The number of aromatic hydroxyl groups is 1. The van der Waals surface area contributed by atoms with E-state index in [2.05, 4.69) is 12.2 Å². The van der Waals surface area contributed by atoms with E-state index in [1.165, 1.54) is 6.07 Å². The van der Waals surface area contributed by atoms with E-state index in [0.717, 1.165) is 43.4 Å². The molecule has 1 fully saturated rings. The molecule has 5 N–H and O–H groups in total. The summed E-state index contributed by atoms with van der Waals surface area (Å²) in [5, 5.41) is 31.8. The van der Waals surface area contributed by atoms with E-state index < -0.39 is 19.3 Å². The molecule has 0 heterocycles. The molecule has 2 aromatic rings. The highest BCUT2D eigenvalue weighted by molar-refractivity contribution is 7.40. The van der Waals surface area contributed by atoms with Crippen molar-refractivity contribution in [1.82, 2.24) is 0 Å². The predicted molar refractivity (Wildman–Crippen MR) is 137 cm³/mol. The molecule has 1 saturated carbocycles. The molecule has 1 aliphatic rings. The van der Waals surface area contributed by atoms with Gasteiger partial charge in [0.1, 0.15) is 29.0 Å². The summed E-state index contributed by atoms with van der Waals surface area (Å²) in [6.45, 7) is 2.99. The SMILES string of the molecule is CCCc1c(NCCCOc2ccc(O)c(CO)c2)cccc1OCC1([PH](=O)O)CCCCC1O. The molecule has 0 saturated heterocycles. The van der Waals surface area contributed by atoms with Gasteiger partial charge in [0.05, 0.1) is 19.3 Å². The molecule has 0 aliphatic heterocycles. The Balaban J connectivity index is 1.59. The Kier molecular flexibility index (Phi) is 10.3. The molecule has 2 aromatic carbocycles. The quantitative estimate of drug-likeness (QED) is 0.201. The van der Waals surface area contributed by atoms with Crippen LogP contribution < -0.4 is 14.8 Å². The maximum Gasteiger partial charge on any atom is 0.201 e. The lowest BCUT2D eigenvalue weighted by Crippen LogP contribution is -2.46. The maximum absolute atomic E-state index is 12.2. The molecule has 194 valence electrons. The van der Waals surface area contributed by atoms with Crippen molar-refractivity contribution in [3.63, 3.8) is 0 Å². The van der Waals surface area contributed by atoms with Gasteiger partial charge >= 0.3 is 0 Å². The van der Waals surface area contributed by atoms with Gasteiger partial charge in [0.2, 0.25) is 8.03 Å². The number of ether oxygens (including phenoxy) is 2. The average Bonchev–Trinajstić information content (AvgIpc) is 2.85. The molecule has 9 heteroatoms. The molecule has 3 rings (SSSR count). The van der Waals surface area contributed by atoms with Gasteiger partial charge < -0.3 is 35.0 Å². The smallest absolute Gasteiger partial charge is 0.201 e. The zero-order valence-corrected chi connectivity index (χ0v) is 21.3. The highest BCUT2D eigenvalue weighted by Crippen LogP contribution is 2.47. The molecule has 0 spiro atoms. The van der Waals surface area contributed by atoms with Crippen LogP contribution in [0.5, 0.6) is 17.2 Å². The van der Waals surface area contributed by atoms with Gasteiger partial charge in [-0.3, -0.25) is 4.57 Å². The summed E-state index contributed by atoms with van der Waals surface area (Å²) in [6, 6.07) is 10.6. The molecule has 3 atom stereocenters. The number of phenols is 1. The van der Waals surface area contributed by atoms with Crippen LogP contribution >= 0.6 is 8.03 Å². The average molecular weight is 508 g/mol. The highest BCUT2D eigenvalue weighted by atomic mass is 31.1. The van der Waals surface area contributed by atoms with Crippen LogP contribution in [-0.2, 0) is 17.6 Å². The van der Waals surface area contributed by atoms with E-state index in [1.54, 1.807) is 12.1 Å². The van der Waals surface area contributed by atoms with Crippen molar-refractivity contribution in [2.75, 3.05) is 25.1 Å². The number of rotatable bonds is 13. The van der Waals surface area contributed by atoms with Crippen LogP contribution in [-0.4, -0.2) is 51.2 Å². The summed E-state index contributed by atoms with van der Waals surface area (Å²) in [5.41, 5.74) is 2.39. The summed E-state index contributed by atoms with van der Waals surface area (Å²) < 4.78 is 24.1. The van der Waals surface area contributed by atoms with E-state index >= 15 is 0 Å². The Morgan fingerprint density at radius 3 is 2.74 bits per heavy atom. The number of aliphatic hydroxyl groups excluding tert-OH is 2. The zero-order valence-electron chi connectivity index (χ0n) is 20.3. The van der Waals surface area contributed by atoms with E-state index in [9.17, 15) is 24.8 Å². The Morgan fingerprint density at radius 1 is 1.20 bits per heavy atom. The topological polar surface area (TPSA) is 128 Å². The second-order valence-electron chi connectivity index (χ2n) is 9.12. The third-order valence-electron chi connectivity index (χ3n) is 6.66. The number of anilines is 1. The minimum Gasteiger partial charge on any atom is -0.508 e. The second kappa shape index (κ2) is 13.2. The van der Waals surface area contributed by atoms with Crippen molar-refractivity contribution in [2.24, 2.45) is 0 Å². The monoisotopic (exact) mass is 507 g/mol. The molecule has 8 nitrogen and oxygen atoms in total. The van der Waals surface area contributed by atoms with E-state index in [1.807, 2.05) is 18.2 Å². The number of benzene rings is 2. The fourth-order valence-corrected chi connectivity index (χ4v) is 5.56. The Morgan fingerprint density at radius 2 is 2.03 bits per heavy atom. The minimum atomic E-state index is -2.98. The number of hydrogen-bond donors (Lipinski definition) is 5. The van der Waals surface area contributed by atoms with Crippen molar-refractivity contribution in [2.45, 2.75) is 69.7 Å².